The van der Waals surface area contributed by atoms with Crippen molar-refractivity contribution in [2.24, 2.45) is 4.99 Å². The van der Waals surface area contributed by atoms with Crippen LogP contribution in [0.3, 0.4) is 0 Å². The molecule has 0 fully saturated rings. The lowest BCUT2D eigenvalue weighted by Gasteiger charge is -2.25. The predicted molar refractivity (Wildman–Crippen MR) is 127 cm³/mol. The molecule has 0 saturated heterocycles. The second-order valence-electron chi connectivity index (χ2n) is 7.15. The second-order valence-corrected chi connectivity index (χ2v) is 7.15. The highest BCUT2D eigenvalue weighted by Gasteiger charge is 2.22. The van der Waals surface area contributed by atoms with Gasteiger partial charge in [0.05, 0.1) is 17.6 Å². The van der Waals surface area contributed by atoms with Crippen LogP contribution in [0.1, 0.15) is 30.8 Å². The number of aryl methyl sites for hydroxylation is 1. The largest absolute Gasteiger partial charge is 0.377 e. The molecular weight excluding hydrogens is 495 g/mol. The first-order chi connectivity index (χ1) is 14.2. The van der Waals surface area contributed by atoms with Crippen LogP contribution >= 0.6 is 24.0 Å². The van der Waals surface area contributed by atoms with Crippen LogP contribution in [0, 0.1) is 0 Å². The van der Waals surface area contributed by atoms with Crippen molar-refractivity contribution in [3.63, 3.8) is 0 Å². The molecule has 0 bridgehead atoms. The molecule has 30 heavy (non-hydrogen) atoms. The minimum atomic E-state index is 0. The Balaban J connectivity index is 0.00000256. The molecule has 4 rings (SSSR count). The Bertz CT molecular complexity index is 949. The van der Waals surface area contributed by atoms with Crippen LogP contribution in [0.25, 0.3) is 11.0 Å². The van der Waals surface area contributed by atoms with Crippen LogP contribution < -0.4 is 10.6 Å². The summed E-state index contributed by atoms with van der Waals surface area (Å²) in [6.07, 6.45) is 2.66. The van der Waals surface area contributed by atoms with E-state index in [4.69, 9.17) is 9.73 Å². The topological polar surface area (TPSA) is 105 Å². The molecule has 2 aromatic heterocycles. The second kappa shape index (κ2) is 10.7. The molecule has 0 spiro atoms. The lowest BCUT2D eigenvalue weighted by Crippen LogP contribution is -2.47. The fourth-order valence-corrected chi connectivity index (χ4v) is 3.58. The van der Waals surface area contributed by atoms with E-state index in [0.29, 0.717) is 13.2 Å². The first kappa shape index (κ1) is 22.5. The number of nitrogens with one attached hydrogen (secondary N) is 3. The third-order valence-corrected chi connectivity index (χ3v) is 4.92. The highest BCUT2D eigenvalue weighted by atomic mass is 127. The Hall–Kier alpha value is -2.21. The maximum Gasteiger partial charge on any atom is 0.191 e. The van der Waals surface area contributed by atoms with E-state index in [0.717, 1.165) is 66.8 Å². The highest BCUT2D eigenvalue weighted by Crippen LogP contribution is 2.14. The molecular formula is C20H29IN8O. The van der Waals surface area contributed by atoms with Crippen LogP contribution in [0.2, 0.25) is 0 Å². The molecule has 1 atom stereocenters. The zero-order valence-corrected chi connectivity index (χ0v) is 19.7. The van der Waals surface area contributed by atoms with E-state index >= 15 is 0 Å². The number of imidazole rings is 1. The summed E-state index contributed by atoms with van der Waals surface area (Å²) >= 11 is 0. The summed E-state index contributed by atoms with van der Waals surface area (Å²) < 4.78 is 7.12. The highest BCUT2D eigenvalue weighted by molar-refractivity contribution is 14.0. The van der Waals surface area contributed by atoms with E-state index in [9.17, 15) is 0 Å². The Kier molecular flexibility index (Phi) is 8.02. The minimum Gasteiger partial charge on any atom is -0.377 e. The number of ether oxygens (including phenoxy) is 1. The number of aromatic nitrogens is 5. The SMILES string of the molecule is CCNC(=NCCc1nc2ccccc2[nH]1)NC1CCc2nc(COC)nn2C1.I. The molecule has 1 aromatic carbocycles. The van der Waals surface area contributed by atoms with Gasteiger partial charge in [0.1, 0.15) is 18.3 Å². The number of H-pyrrole nitrogens is 1. The maximum atomic E-state index is 5.14. The quantitative estimate of drug-likeness (QED) is 0.248. The number of para-hydroxylation sites is 2. The molecule has 3 N–H and O–H groups in total. The van der Waals surface area contributed by atoms with E-state index in [1.807, 2.05) is 28.9 Å². The van der Waals surface area contributed by atoms with Crippen molar-refractivity contribution in [3.05, 3.63) is 41.7 Å². The van der Waals surface area contributed by atoms with Crippen LogP contribution in [0.15, 0.2) is 29.3 Å². The summed E-state index contributed by atoms with van der Waals surface area (Å²) in [7, 11) is 1.66. The standard InChI is InChI=1S/C20H28N8O.HI/c1-3-21-20(22-11-10-17-24-15-6-4-5-7-16(15)25-17)23-14-8-9-19-26-18(13-29-2)27-28(19)12-14;/h4-7,14H,3,8-13H2,1-2H3,(H,24,25)(H2,21,22,23);1H. The van der Waals surface area contributed by atoms with Gasteiger partial charge in [-0.15, -0.1) is 24.0 Å². The smallest absolute Gasteiger partial charge is 0.191 e. The Labute approximate surface area is 193 Å². The number of hydrogen-bond donors (Lipinski definition) is 3. The maximum absolute atomic E-state index is 5.14. The molecule has 9 nitrogen and oxygen atoms in total. The molecule has 0 amide bonds. The van der Waals surface area contributed by atoms with Crippen molar-refractivity contribution in [1.82, 2.24) is 35.4 Å². The normalized spacial score (nSPS) is 16.2. The number of methoxy groups -OCH3 is 1. The van der Waals surface area contributed by atoms with Gasteiger partial charge < -0.3 is 20.4 Å². The van der Waals surface area contributed by atoms with Gasteiger partial charge in [0, 0.05) is 39.1 Å². The van der Waals surface area contributed by atoms with Crippen molar-refractivity contribution in [3.8, 4) is 0 Å². The van der Waals surface area contributed by atoms with Gasteiger partial charge in [-0.25, -0.2) is 14.6 Å². The third kappa shape index (κ3) is 5.48. The molecule has 0 radical (unpaired) electrons. The first-order valence-electron chi connectivity index (χ1n) is 10.1. The summed E-state index contributed by atoms with van der Waals surface area (Å²) in [5, 5.41) is 11.4. The summed E-state index contributed by atoms with van der Waals surface area (Å²) in [4.78, 5) is 17.2. The van der Waals surface area contributed by atoms with Crippen LogP contribution in [0.4, 0.5) is 0 Å². The number of aliphatic imine (C=N–C) groups is 1. The Morgan fingerprint density at radius 1 is 1.33 bits per heavy atom. The first-order valence-corrected chi connectivity index (χ1v) is 10.1. The van der Waals surface area contributed by atoms with E-state index in [-0.39, 0.29) is 30.0 Å². The van der Waals surface area contributed by atoms with E-state index < -0.39 is 0 Å². The van der Waals surface area contributed by atoms with E-state index in [2.05, 4.69) is 37.6 Å². The van der Waals surface area contributed by atoms with E-state index in [1.165, 1.54) is 0 Å². The number of benzene rings is 1. The zero-order chi connectivity index (χ0) is 20.1. The lowest BCUT2D eigenvalue weighted by atomic mass is 10.1. The predicted octanol–water partition coefficient (Wildman–Crippen LogP) is 2.03. The third-order valence-electron chi connectivity index (χ3n) is 4.92. The number of rotatable bonds is 7. The molecule has 1 aliphatic rings. The van der Waals surface area contributed by atoms with Gasteiger partial charge >= 0.3 is 0 Å². The average Bonchev–Trinajstić information content (AvgIpc) is 3.31. The molecule has 3 heterocycles. The molecule has 1 aliphatic heterocycles. The van der Waals surface area contributed by atoms with Gasteiger partial charge in [0.25, 0.3) is 0 Å². The monoisotopic (exact) mass is 524 g/mol. The number of fused-ring (bicyclic) bond motifs is 2. The molecule has 3 aromatic rings. The molecule has 0 saturated carbocycles. The lowest BCUT2D eigenvalue weighted by molar-refractivity contribution is 0.177. The Morgan fingerprint density at radius 2 is 2.20 bits per heavy atom. The minimum absolute atomic E-state index is 0. The number of nitrogens with zero attached hydrogens (tertiary/aromatic N) is 5. The van der Waals surface area contributed by atoms with Gasteiger partial charge in [-0.3, -0.25) is 4.99 Å². The Morgan fingerprint density at radius 3 is 3.00 bits per heavy atom. The van der Waals surface area contributed by atoms with Crippen LogP contribution in [-0.4, -0.2) is 56.9 Å². The van der Waals surface area contributed by atoms with Gasteiger partial charge in [-0.1, -0.05) is 12.1 Å². The van der Waals surface area contributed by atoms with Gasteiger partial charge in [0.15, 0.2) is 11.8 Å². The van der Waals surface area contributed by atoms with Crippen molar-refractivity contribution in [2.75, 3.05) is 20.2 Å². The fourth-order valence-electron chi connectivity index (χ4n) is 3.58. The van der Waals surface area contributed by atoms with Gasteiger partial charge in [-0.2, -0.15) is 5.10 Å². The molecule has 1 unspecified atom stereocenters. The van der Waals surface area contributed by atoms with Crippen LogP contribution in [0.5, 0.6) is 0 Å². The number of aromatic amines is 1. The number of hydrogen-bond acceptors (Lipinski definition) is 5. The van der Waals surface area contributed by atoms with Crippen molar-refractivity contribution >= 4 is 41.0 Å². The fraction of sp³-hybridized carbons (Fsp3) is 0.500. The summed E-state index contributed by atoms with van der Waals surface area (Å²) in [5.41, 5.74) is 2.06. The number of halogens is 1. The molecule has 162 valence electrons. The van der Waals surface area contributed by atoms with Crippen molar-refractivity contribution < 1.29 is 4.74 Å². The van der Waals surface area contributed by atoms with Crippen molar-refractivity contribution in [2.45, 2.75) is 45.4 Å². The molecule has 0 aliphatic carbocycles. The van der Waals surface area contributed by atoms with Crippen LogP contribution in [-0.2, 0) is 30.7 Å². The average molecular weight is 524 g/mol. The number of guanidine groups is 1. The van der Waals surface area contributed by atoms with Gasteiger partial charge in [-0.05, 0) is 25.5 Å². The summed E-state index contributed by atoms with van der Waals surface area (Å²) in [6.45, 7) is 4.78. The summed E-state index contributed by atoms with van der Waals surface area (Å²) in [6, 6.07) is 8.34. The van der Waals surface area contributed by atoms with E-state index in [1.54, 1.807) is 7.11 Å². The molecule has 10 heteroatoms. The van der Waals surface area contributed by atoms with Gasteiger partial charge in [0.2, 0.25) is 0 Å². The van der Waals surface area contributed by atoms with Crippen molar-refractivity contribution in [1.29, 1.82) is 0 Å². The summed E-state index contributed by atoms with van der Waals surface area (Å²) in [5.74, 6) is 3.56. The zero-order valence-electron chi connectivity index (χ0n) is 17.4.